The van der Waals surface area contributed by atoms with Gasteiger partial charge in [0.2, 0.25) is 0 Å². The van der Waals surface area contributed by atoms with E-state index in [1.165, 1.54) is 0 Å². The number of hydrogen-bond acceptors (Lipinski definition) is 1. The first-order valence-electron chi connectivity index (χ1n) is 2.65. The Bertz CT molecular complexity index is 87.7. The van der Waals surface area contributed by atoms with Gasteiger partial charge in [0.1, 0.15) is 0 Å². The van der Waals surface area contributed by atoms with E-state index in [0.717, 1.165) is 0 Å². The zero-order valence-electron chi connectivity index (χ0n) is 5.49. The van der Waals surface area contributed by atoms with Crippen molar-refractivity contribution in [2.24, 2.45) is 0 Å². The van der Waals surface area contributed by atoms with Crippen LogP contribution in [0.25, 0.3) is 0 Å². The summed E-state index contributed by atoms with van der Waals surface area (Å²) in [6.07, 6.45) is 0. The molecule has 0 aromatic carbocycles. The van der Waals surface area contributed by atoms with Crippen LogP contribution >= 0.6 is 0 Å². The fourth-order valence-electron chi connectivity index (χ4n) is 0.334. The molecule has 52 valence electrons. The minimum atomic E-state index is -0.125. The molecule has 0 bridgehead atoms. The Morgan fingerprint density at radius 1 is 1.62 bits per heavy atom. The Kier molecular flexibility index (Phi) is 2.99. The Balaban J connectivity index is -0.000000245. The average Bonchev–Trinajstić information content (AvgIpc) is 1.65. The molecular weight excluding hydrogens is 104 g/mol. The van der Waals surface area contributed by atoms with E-state index >= 15 is 0 Å². The van der Waals surface area contributed by atoms with Gasteiger partial charge in [0.05, 0.1) is 0 Å². The summed E-state index contributed by atoms with van der Waals surface area (Å²) < 4.78 is 0. The highest BCUT2D eigenvalue weighted by Crippen LogP contribution is 1.73. The molecule has 3 heteroatoms. The third-order valence-corrected chi connectivity index (χ3v) is 0.647. The summed E-state index contributed by atoms with van der Waals surface area (Å²) in [7, 11) is 1.59. The van der Waals surface area contributed by atoms with Gasteiger partial charge in [-0.1, -0.05) is 0 Å². The molecule has 0 saturated carbocycles. The van der Waals surface area contributed by atoms with Crippen molar-refractivity contribution >= 4 is 6.03 Å². The average molecular weight is 120 g/mol. The molecule has 0 aliphatic heterocycles. The lowest BCUT2D eigenvalue weighted by molar-refractivity contribution is 0.240. The lowest BCUT2D eigenvalue weighted by Crippen LogP contribution is -2.37. The number of nitrogens with one attached hydrogen (secondary N) is 2. The molecule has 8 heavy (non-hydrogen) atoms. The van der Waals surface area contributed by atoms with Crippen molar-refractivity contribution in [1.29, 1.82) is 0 Å². The monoisotopic (exact) mass is 120 g/mol. The maximum Gasteiger partial charge on any atom is 0.314 e. The highest BCUT2D eigenvalue weighted by atomic mass is 16.2. The largest absolute Gasteiger partial charge is 0.341 e. The van der Waals surface area contributed by atoms with Crippen LogP contribution in [0, 0.1) is 0 Å². The number of hydrogen-bond donors (Lipinski definition) is 2. The van der Waals surface area contributed by atoms with Crippen LogP contribution in [0.4, 0.5) is 4.79 Å². The van der Waals surface area contributed by atoms with E-state index < -0.39 is 0 Å². The normalized spacial score (nSPS) is 9.00. The maximum atomic E-state index is 10.4. The Morgan fingerprint density at radius 3 is 2.25 bits per heavy atom. The molecule has 0 unspecified atom stereocenters. The molecule has 0 saturated heterocycles. The number of amides is 2. The first-order chi connectivity index (χ1) is 3.66. The predicted octanol–water partition coefficient (Wildman–Crippen LogP) is 0.816. The topological polar surface area (TPSA) is 41.1 Å². The Hall–Kier alpha value is -0.730. The third kappa shape index (κ3) is 3.46. The molecule has 3 nitrogen and oxygen atoms in total. The first-order valence-corrected chi connectivity index (χ1v) is 2.65. The smallest absolute Gasteiger partial charge is 0.314 e. The molecule has 0 aromatic heterocycles. The summed E-state index contributed by atoms with van der Waals surface area (Å²) in [5, 5.41) is 5.09. The molecule has 0 fully saturated rings. The Labute approximate surface area is 52.4 Å². The second-order valence-electron chi connectivity index (χ2n) is 1.88. The van der Waals surface area contributed by atoms with Gasteiger partial charge < -0.3 is 10.6 Å². The van der Waals surface area contributed by atoms with E-state index in [1.807, 2.05) is 13.8 Å². The number of carbonyl (C=O) groups is 1. The highest BCUT2D eigenvalue weighted by Gasteiger charge is 1.95. The van der Waals surface area contributed by atoms with Gasteiger partial charge in [0.25, 0.3) is 0 Å². The van der Waals surface area contributed by atoms with E-state index in [9.17, 15) is 4.79 Å². The van der Waals surface area contributed by atoms with Crippen LogP contribution < -0.4 is 10.6 Å². The summed E-state index contributed by atoms with van der Waals surface area (Å²) in [4.78, 5) is 10.4. The molecule has 0 radical (unpaired) electrons. The molecular formula is C5H16N2O. The molecule has 0 aromatic rings. The van der Waals surface area contributed by atoms with Crippen LogP contribution in [0.1, 0.15) is 16.7 Å². The molecule has 0 heterocycles. The maximum absolute atomic E-state index is 10.4. The van der Waals surface area contributed by atoms with Gasteiger partial charge in [-0.3, -0.25) is 0 Å². The summed E-state index contributed by atoms with van der Waals surface area (Å²) in [5.74, 6) is 0. The van der Waals surface area contributed by atoms with Crippen LogP contribution in [0.15, 0.2) is 0 Å². The zero-order valence-corrected chi connectivity index (χ0v) is 5.49. The van der Waals surface area contributed by atoms with Gasteiger partial charge in [-0.25, -0.2) is 4.79 Å². The van der Waals surface area contributed by atoms with E-state index in [2.05, 4.69) is 10.6 Å². The van der Waals surface area contributed by atoms with Crippen molar-refractivity contribution in [3.63, 3.8) is 0 Å². The molecule has 2 N–H and O–H groups in total. The molecule has 0 aliphatic carbocycles. The first kappa shape index (κ1) is 7.27. The SMILES string of the molecule is CNC(=O)NC(C)C.[HH].[HH]. The van der Waals surface area contributed by atoms with Gasteiger partial charge in [0, 0.05) is 15.9 Å². The predicted molar refractivity (Wildman–Crippen MR) is 37.0 cm³/mol. The van der Waals surface area contributed by atoms with Gasteiger partial charge in [-0.15, -0.1) is 0 Å². The van der Waals surface area contributed by atoms with Crippen LogP contribution in [0.2, 0.25) is 0 Å². The van der Waals surface area contributed by atoms with Gasteiger partial charge >= 0.3 is 6.03 Å². The summed E-state index contributed by atoms with van der Waals surface area (Å²) in [6.45, 7) is 3.82. The lowest BCUT2D eigenvalue weighted by atomic mass is 10.4. The van der Waals surface area contributed by atoms with Crippen molar-refractivity contribution in [1.82, 2.24) is 10.6 Å². The molecule has 0 aliphatic rings. The van der Waals surface area contributed by atoms with Gasteiger partial charge in [-0.2, -0.15) is 0 Å². The highest BCUT2D eigenvalue weighted by molar-refractivity contribution is 5.73. The minimum Gasteiger partial charge on any atom is -0.341 e. The summed E-state index contributed by atoms with van der Waals surface area (Å²) >= 11 is 0. The van der Waals surface area contributed by atoms with Crippen LogP contribution in [-0.4, -0.2) is 19.1 Å². The van der Waals surface area contributed by atoms with Crippen molar-refractivity contribution in [2.75, 3.05) is 7.05 Å². The number of carbonyl (C=O) groups excluding carboxylic acids is 1. The fourth-order valence-corrected chi connectivity index (χ4v) is 0.334. The van der Waals surface area contributed by atoms with E-state index in [-0.39, 0.29) is 14.9 Å². The van der Waals surface area contributed by atoms with Gasteiger partial charge in [0.15, 0.2) is 0 Å². The van der Waals surface area contributed by atoms with Crippen LogP contribution in [0.5, 0.6) is 0 Å². The molecule has 2 amide bonds. The molecule has 0 rings (SSSR count). The van der Waals surface area contributed by atoms with E-state index in [1.54, 1.807) is 7.05 Å². The minimum absolute atomic E-state index is 0. The molecule has 0 spiro atoms. The zero-order chi connectivity index (χ0) is 6.57. The van der Waals surface area contributed by atoms with E-state index in [4.69, 9.17) is 0 Å². The van der Waals surface area contributed by atoms with Crippen LogP contribution in [0.3, 0.4) is 0 Å². The Morgan fingerprint density at radius 2 is 2.12 bits per heavy atom. The van der Waals surface area contributed by atoms with Crippen molar-refractivity contribution in [3.05, 3.63) is 0 Å². The number of urea groups is 1. The summed E-state index contributed by atoms with van der Waals surface area (Å²) in [5.41, 5.74) is 0. The molecule has 0 atom stereocenters. The van der Waals surface area contributed by atoms with Crippen molar-refractivity contribution in [2.45, 2.75) is 19.9 Å². The van der Waals surface area contributed by atoms with Crippen LogP contribution in [-0.2, 0) is 0 Å². The second-order valence-corrected chi connectivity index (χ2v) is 1.88. The fraction of sp³-hybridized carbons (Fsp3) is 0.800. The standard InChI is InChI=1S/C5H12N2O.2H2/c1-4(2)7-5(8)6-3;;/h4H,1-3H3,(H2,6,7,8);2*1H. The third-order valence-electron chi connectivity index (χ3n) is 0.647. The number of rotatable bonds is 1. The van der Waals surface area contributed by atoms with Crippen molar-refractivity contribution < 1.29 is 7.65 Å². The summed E-state index contributed by atoms with van der Waals surface area (Å²) in [6, 6.07) is 0.0925. The van der Waals surface area contributed by atoms with Gasteiger partial charge in [-0.05, 0) is 13.8 Å². The van der Waals surface area contributed by atoms with E-state index in [0.29, 0.717) is 0 Å². The lowest BCUT2D eigenvalue weighted by Gasteiger charge is -2.05. The second kappa shape index (κ2) is 3.29. The quantitative estimate of drug-likeness (QED) is 0.528. The van der Waals surface area contributed by atoms with Crippen molar-refractivity contribution in [3.8, 4) is 0 Å².